The second kappa shape index (κ2) is 12.3. The highest BCUT2D eigenvalue weighted by molar-refractivity contribution is 7.26. The molecule has 3 heterocycles. The van der Waals surface area contributed by atoms with E-state index < -0.39 is 0 Å². The number of aryl methyl sites for hydroxylation is 1. The van der Waals surface area contributed by atoms with Crippen molar-refractivity contribution in [1.29, 1.82) is 0 Å². The van der Waals surface area contributed by atoms with Crippen molar-refractivity contribution in [2.24, 2.45) is 0 Å². The Kier molecular flexibility index (Phi) is 7.04. The quantitative estimate of drug-likeness (QED) is 0.174. The molecule has 0 bridgehead atoms. The molecule has 1 N–H and O–H groups in total. The molecule has 11 rings (SSSR count). The predicted molar refractivity (Wildman–Crippen MR) is 235 cm³/mol. The molecule has 0 fully saturated rings. The van der Waals surface area contributed by atoms with Crippen LogP contribution in [0, 0.1) is 6.92 Å². The van der Waals surface area contributed by atoms with Crippen LogP contribution in [0.25, 0.3) is 58.8 Å². The van der Waals surface area contributed by atoms with Crippen molar-refractivity contribution < 1.29 is 0 Å². The highest BCUT2D eigenvalue weighted by atomic mass is 32.1. The first kappa shape index (κ1) is 31.0. The first-order valence-electron chi connectivity index (χ1n) is 18.6. The van der Waals surface area contributed by atoms with E-state index >= 15 is 0 Å². The molecule has 10 aromatic rings. The molecular weight excluding hydrogens is 673 g/mol. The Hall–Kier alpha value is -6.56. The summed E-state index contributed by atoms with van der Waals surface area (Å²) in [5.41, 5.74) is 15.7. The van der Waals surface area contributed by atoms with Crippen LogP contribution in [0.5, 0.6) is 0 Å². The van der Waals surface area contributed by atoms with E-state index in [-0.39, 0.29) is 0 Å². The third-order valence-corrected chi connectivity index (χ3v) is 12.2. The maximum atomic E-state index is 3.95. The van der Waals surface area contributed by atoms with Crippen molar-refractivity contribution in [2.45, 2.75) is 6.92 Å². The van der Waals surface area contributed by atoms with Crippen LogP contribution in [-0.2, 0) is 0 Å². The molecule has 0 amide bonds. The van der Waals surface area contributed by atoms with Gasteiger partial charge in [-0.3, -0.25) is 0 Å². The fourth-order valence-corrected chi connectivity index (χ4v) is 9.83. The Morgan fingerprint density at radius 1 is 0.556 bits per heavy atom. The highest BCUT2D eigenvalue weighted by Gasteiger charge is 2.29. The molecule has 0 aliphatic carbocycles. The van der Waals surface area contributed by atoms with Crippen molar-refractivity contribution in [3.05, 3.63) is 181 Å². The van der Waals surface area contributed by atoms with Crippen LogP contribution in [-0.4, -0.2) is 11.8 Å². The fraction of sp³-hybridized carbons (Fsp3) is 0.0204. The number of fused-ring (bicyclic) bond motifs is 8. The number of hydrogen-bond acceptors (Lipinski definition) is 3. The van der Waals surface area contributed by atoms with Gasteiger partial charge in [-0.25, -0.2) is 0 Å². The number of rotatable bonds is 6. The lowest BCUT2D eigenvalue weighted by Gasteiger charge is -2.30. The molecule has 2 aromatic heterocycles. The number of nitrogens with one attached hydrogen (secondary N) is 1. The topological polar surface area (TPSA) is 20.2 Å². The molecule has 0 radical (unpaired) electrons. The van der Waals surface area contributed by atoms with Gasteiger partial charge in [0.25, 0.3) is 0 Å². The molecule has 0 atom stereocenters. The van der Waals surface area contributed by atoms with Gasteiger partial charge in [0.15, 0.2) is 7.28 Å². The van der Waals surface area contributed by atoms with Crippen LogP contribution in [0.3, 0.4) is 0 Å². The highest BCUT2D eigenvalue weighted by Crippen LogP contribution is 2.47. The van der Waals surface area contributed by atoms with Crippen molar-refractivity contribution >= 4 is 100.0 Å². The Balaban J connectivity index is 1.30. The van der Waals surface area contributed by atoms with Gasteiger partial charge in [0.05, 0.1) is 5.52 Å². The van der Waals surface area contributed by atoms with Crippen LogP contribution < -0.4 is 21.1 Å². The summed E-state index contributed by atoms with van der Waals surface area (Å²) in [6.45, 7) is 2.18. The Morgan fingerprint density at radius 2 is 1.24 bits per heavy atom. The Labute approximate surface area is 318 Å². The molecule has 0 saturated carbocycles. The van der Waals surface area contributed by atoms with Gasteiger partial charge in [0.2, 0.25) is 0 Å². The smallest absolute Gasteiger partial charge is 0.198 e. The largest absolute Gasteiger partial charge is 0.355 e. The predicted octanol–water partition coefficient (Wildman–Crippen LogP) is 12.0. The van der Waals surface area contributed by atoms with Crippen LogP contribution >= 0.6 is 11.3 Å². The molecular formula is C49H34BN3S. The Morgan fingerprint density at radius 3 is 2.04 bits per heavy atom. The molecule has 8 aromatic carbocycles. The summed E-state index contributed by atoms with van der Waals surface area (Å²) in [4.78, 5) is 2.41. The first-order valence-corrected chi connectivity index (χ1v) is 19.4. The summed E-state index contributed by atoms with van der Waals surface area (Å²) in [6.07, 6.45) is 0. The minimum Gasteiger partial charge on any atom is -0.355 e. The summed E-state index contributed by atoms with van der Waals surface area (Å²) in [6, 6.07) is 64.3. The lowest BCUT2D eigenvalue weighted by atomic mass is 9.59. The fourth-order valence-electron chi connectivity index (χ4n) is 8.71. The van der Waals surface area contributed by atoms with Gasteiger partial charge in [-0.1, -0.05) is 115 Å². The van der Waals surface area contributed by atoms with Crippen molar-refractivity contribution in [1.82, 2.24) is 4.57 Å². The van der Waals surface area contributed by atoms with Crippen molar-refractivity contribution in [3.8, 4) is 16.8 Å². The monoisotopic (exact) mass is 707 g/mol. The van der Waals surface area contributed by atoms with Crippen molar-refractivity contribution in [2.75, 3.05) is 10.2 Å². The molecule has 1 aliphatic heterocycles. The molecule has 3 nitrogen and oxygen atoms in total. The van der Waals surface area contributed by atoms with Gasteiger partial charge < -0.3 is 14.8 Å². The number of para-hydroxylation sites is 5. The number of hydrogen-bond donors (Lipinski definition) is 1. The van der Waals surface area contributed by atoms with E-state index in [0.717, 1.165) is 35.7 Å². The number of thiophene rings is 1. The van der Waals surface area contributed by atoms with E-state index in [0.29, 0.717) is 0 Å². The van der Waals surface area contributed by atoms with Crippen LogP contribution in [0.15, 0.2) is 176 Å². The SMILES string of the molecule is Cc1ccccc1Nc1ccc2sc3ccccc3c2c1-c1cc(N(c2ccccc2)c2ccccc2)cc2c1Bc1cccc3c4ccccc4n-2c13. The number of anilines is 5. The zero-order valence-corrected chi connectivity index (χ0v) is 30.6. The number of benzene rings is 8. The molecule has 54 heavy (non-hydrogen) atoms. The molecule has 0 unspecified atom stereocenters. The standard InChI is InChI=1S/C49H34BN3S/c1-31-15-8-11-24-40(31)51-41-27-28-45-47(37-21-10-13-26-44(37)54-45)46(41)38-29-34(52(32-16-4-2-5-17-32)33-18-6-3-7-19-33)30-43-48(38)50-39-23-14-22-36-35-20-9-12-25-42(35)53(43)49(36)39/h2-30,50-51H,1H3. The van der Waals surface area contributed by atoms with E-state index in [1.807, 2.05) is 11.3 Å². The lowest BCUT2D eigenvalue weighted by Crippen LogP contribution is -2.37. The summed E-state index contributed by atoms with van der Waals surface area (Å²) in [5, 5.41) is 9.11. The summed E-state index contributed by atoms with van der Waals surface area (Å²) >= 11 is 1.87. The third kappa shape index (κ3) is 4.75. The van der Waals surface area contributed by atoms with Crippen LogP contribution in [0.1, 0.15) is 5.56 Å². The van der Waals surface area contributed by atoms with Gasteiger partial charge in [-0.2, -0.15) is 0 Å². The Bertz CT molecular complexity index is 3030. The zero-order chi connectivity index (χ0) is 35.8. The normalized spacial score (nSPS) is 11.9. The average molecular weight is 708 g/mol. The lowest BCUT2D eigenvalue weighted by molar-refractivity contribution is 1.18. The van der Waals surface area contributed by atoms with Gasteiger partial charge in [0.1, 0.15) is 0 Å². The minimum absolute atomic E-state index is 0.831. The maximum absolute atomic E-state index is 3.95. The average Bonchev–Trinajstić information content (AvgIpc) is 3.77. The number of aromatic nitrogens is 1. The molecule has 1 aliphatic rings. The summed E-state index contributed by atoms with van der Waals surface area (Å²) in [5.74, 6) is 0. The van der Waals surface area contributed by atoms with Gasteiger partial charge in [0, 0.05) is 76.1 Å². The maximum Gasteiger partial charge on any atom is 0.198 e. The first-order chi connectivity index (χ1) is 26.7. The van der Waals surface area contributed by atoms with Gasteiger partial charge >= 0.3 is 0 Å². The van der Waals surface area contributed by atoms with E-state index in [1.54, 1.807) is 0 Å². The number of nitrogens with zero attached hydrogens (tertiary/aromatic N) is 2. The molecule has 0 spiro atoms. The van der Waals surface area contributed by atoms with E-state index in [1.165, 1.54) is 75.3 Å². The van der Waals surface area contributed by atoms with E-state index in [2.05, 4.69) is 198 Å². The second-order valence-corrected chi connectivity index (χ2v) is 15.3. The minimum atomic E-state index is 0.831. The summed E-state index contributed by atoms with van der Waals surface area (Å²) < 4.78 is 5.12. The molecule has 254 valence electrons. The second-order valence-electron chi connectivity index (χ2n) is 14.2. The zero-order valence-electron chi connectivity index (χ0n) is 29.8. The van der Waals surface area contributed by atoms with Gasteiger partial charge in [-0.05, 0) is 90.2 Å². The van der Waals surface area contributed by atoms with Crippen molar-refractivity contribution in [3.63, 3.8) is 0 Å². The van der Waals surface area contributed by atoms with E-state index in [9.17, 15) is 0 Å². The van der Waals surface area contributed by atoms with Gasteiger partial charge in [-0.15, -0.1) is 11.3 Å². The van der Waals surface area contributed by atoms with Crippen LogP contribution in [0.4, 0.5) is 28.4 Å². The molecule has 0 saturated heterocycles. The third-order valence-electron chi connectivity index (χ3n) is 11.1. The van der Waals surface area contributed by atoms with Crippen LogP contribution in [0.2, 0.25) is 0 Å². The molecule has 5 heteroatoms. The van der Waals surface area contributed by atoms with E-state index in [4.69, 9.17) is 0 Å². The summed E-state index contributed by atoms with van der Waals surface area (Å²) in [7, 11) is 0.831.